The van der Waals surface area contributed by atoms with Gasteiger partial charge in [0.25, 0.3) is 0 Å². The van der Waals surface area contributed by atoms with Crippen LogP contribution in [-0.2, 0) is 0 Å². The van der Waals surface area contributed by atoms with Gasteiger partial charge in [0, 0.05) is 6.42 Å². The summed E-state index contributed by atoms with van der Waals surface area (Å²) in [6.45, 7) is 0.709. The van der Waals surface area contributed by atoms with Crippen molar-refractivity contribution in [2.45, 2.75) is 19.3 Å². The molecule has 0 heterocycles. The van der Waals surface area contributed by atoms with Crippen LogP contribution in [0.25, 0.3) is 0 Å². The molecule has 0 atom stereocenters. The minimum Gasteiger partial charge on any atom is -0.512 e. The standard InChI is InChI=1S/C8H13NO.ClH/c9-6-5-7-1-3-8(10)4-2-7;/h1,3,10H,2,4-6,9H2;1H. The van der Waals surface area contributed by atoms with Crippen LogP contribution in [0.4, 0.5) is 0 Å². The molecule has 1 rings (SSSR count). The highest BCUT2D eigenvalue weighted by Crippen LogP contribution is 2.17. The van der Waals surface area contributed by atoms with Gasteiger partial charge in [-0.1, -0.05) is 11.6 Å². The van der Waals surface area contributed by atoms with E-state index in [4.69, 9.17) is 10.8 Å². The Morgan fingerprint density at radius 1 is 1.36 bits per heavy atom. The number of allylic oxidation sites excluding steroid dienone is 3. The Morgan fingerprint density at radius 3 is 2.55 bits per heavy atom. The van der Waals surface area contributed by atoms with Crippen molar-refractivity contribution in [2.75, 3.05) is 6.54 Å². The number of halogens is 1. The lowest BCUT2D eigenvalue weighted by molar-refractivity contribution is 0.385. The summed E-state index contributed by atoms with van der Waals surface area (Å²) in [5.41, 5.74) is 6.72. The van der Waals surface area contributed by atoms with Crippen LogP contribution in [0.15, 0.2) is 23.5 Å². The van der Waals surface area contributed by atoms with Gasteiger partial charge in [0.05, 0.1) is 5.76 Å². The van der Waals surface area contributed by atoms with Crippen molar-refractivity contribution >= 4 is 12.4 Å². The number of nitrogens with two attached hydrogens (primary N) is 1. The fraction of sp³-hybridized carbons (Fsp3) is 0.500. The van der Waals surface area contributed by atoms with Gasteiger partial charge in [-0.05, 0) is 25.5 Å². The summed E-state index contributed by atoms with van der Waals surface area (Å²) in [4.78, 5) is 0. The summed E-state index contributed by atoms with van der Waals surface area (Å²) in [5, 5.41) is 8.98. The van der Waals surface area contributed by atoms with Crippen LogP contribution in [0.2, 0.25) is 0 Å². The highest BCUT2D eigenvalue weighted by molar-refractivity contribution is 5.85. The summed E-state index contributed by atoms with van der Waals surface area (Å²) in [6.07, 6.45) is 6.44. The van der Waals surface area contributed by atoms with Crippen molar-refractivity contribution in [3.05, 3.63) is 23.5 Å². The molecule has 0 unspecified atom stereocenters. The van der Waals surface area contributed by atoms with Crippen LogP contribution in [0.5, 0.6) is 0 Å². The monoisotopic (exact) mass is 175 g/mol. The normalized spacial score (nSPS) is 16.5. The van der Waals surface area contributed by atoms with Gasteiger partial charge >= 0.3 is 0 Å². The zero-order valence-corrected chi connectivity index (χ0v) is 7.23. The Balaban J connectivity index is 0.000001000. The van der Waals surface area contributed by atoms with E-state index in [-0.39, 0.29) is 12.4 Å². The van der Waals surface area contributed by atoms with Crippen LogP contribution < -0.4 is 5.73 Å². The minimum atomic E-state index is 0. The van der Waals surface area contributed by atoms with Gasteiger partial charge < -0.3 is 10.8 Å². The largest absolute Gasteiger partial charge is 0.512 e. The predicted octanol–water partition coefficient (Wildman–Crippen LogP) is 1.92. The van der Waals surface area contributed by atoms with Crippen LogP contribution >= 0.6 is 12.4 Å². The smallest absolute Gasteiger partial charge is 0.0925 e. The second kappa shape index (κ2) is 5.22. The third-order valence-electron chi connectivity index (χ3n) is 1.68. The first-order valence-electron chi connectivity index (χ1n) is 3.60. The Labute approximate surface area is 73.2 Å². The summed E-state index contributed by atoms with van der Waals surface area (Å²) >= 11 is 0. The van der Waals surface area contributed by atoms with Crippen molar-refractivity contribution in [3.63, 3.8) is 0 Å². The molecule has 0 bridgehead atoms. The van der Waals surface area contributed by atoms with Crippen molar-refractivity contribution in [2.24, 2.45) is 5.73 Å². The third-order valence-corrected chi connectivity index (χ3v) is 1.68. The molecule has 0 saturated heterocycles. The molecule has 0 aromatic rings. The van der Waals surface area contributed by atoms with Crippen LogP contribution in [0.3, 0.4) is 0 Å². The van der Waals surface area contributed by atoms with E-state index in [2.05, 4.69) is 0 Å². The maximum Gasteiger partial charge on any atom is 0.0925 e. The number of hydrogen-bond acceptors (Lipinski definition) is 2. The maximum atomic E-state index is 8.98. The molecule has 3 heteroatoms. The van der Waals surface area contributed by atoms with E-state index in [0.29, 0.717) is 12.3 Å². The molecule has 0 saturated carbocycles. The van der Waals surface area contributed by atoms with Gasteiger partial charge in [-0.2, -0.15) is 0 Å². The van der Waals surface area contributed by atoms with E-state index < -0.39 is 0 Å². The number of aliphatic hydroxyl groups excluding tert-OH is 1. The lowest BCUT2D eigenvalue weighted by Crippen LogP contribution is -2.02. The van der Waals surface area contributed by atoms with E-state index >= 15 is 0 Å². The first kappa shape index (κ1) is 10.5. The molecule has 0 amide bonds. The molecule has 0 aromatic carbocycles. The molecular formula is C8H14ClNO. The summed E-state index contributed by atoms with van der Waals surface area (Å²) in [6, 6.07) is 0. The SMILES string of the molecule is Cl.NCCC1=CC=C(O)CC1. The molecular weight excluding hydrogens is 162 g/mol. The third kappa shape index (κ3) is 3.44. The van der Waals surface area contributed by atoms with Crippen LogP contribution in [0.1, 0.15) is 19.3 Å². The molecule has 64 valence electrons. The van der Waals surface area contributed by atoms with E-state index in [1.807, 2.05) is 6.08 Å². The van der Waals surface area contributed by atoms with E-state index in [1.54, 1.807) is 6.08 Å². The Bertz CT molecular complexity index is 171. The first-order chi connectivity index (χ1) is 4.83. The van der Waals surface area contributed by atoms with Gasteiger partial charge in [-0.25, -0.2) is 0 Å². The van der Waals surface area contributed by atoms with Gasteiger partial charge in [0.15, 0.2) is 0 Å². The maximum absolute atomic E-state index is 8.98. The van der Waals surface area contributed by atoms with E-state index in [0.717, 1.165) is 19.3 Å². The highest BCUT2D eigenvalue weighted by Gasteiger charge is 2.02. The van der Waals surface area contributed by atoms with E-state index in [9.17, 15) is 0 Å². The minimum absolute atomic E-state index is 0. The molecule has 0 aromatic heterocycles. The Morgan fingerprint density at radius 2 is 2.09 bits per heavy atom. The quantitative estimate of drug-likeness (QED) is 0.674. The lowest BCUT2D eigenvalue weighted by atomic mass is 10.0. The van der Waals surface area contributed by atoms with Gasteiger partial charge in [-0.3, -0.25) is 0 Å². The zero-order chi connectivity index (χ0) is 7.40. The fourth-order valence-electron chi connectivity index (χ4n) is 1.06. The summed E-state index contributed by atoms with van der Waals surface area (Å²) < 4.78 is 0. The second-order valence-corrected chi connectivity index (χ2v) is 2.52. The van der Waals surface area contributed by atoms with Crippen molar-refractivity contribution in [3.8, 4) is 0 Å². The average Bonchev–Trinajstić information content (AvgIpc) is 1.95. The topological polar surface area (TPSA) is 46.2 Å². The van der Waals surface area contributed by atoms with Gasteiger partial charge in [0.1, 0.15) is 0 Å². The molecule has 0 radical (unpaired) electrons. The first-order valence-corrected chi connectivity index (χ1v) is 3.60. The zero-order valence-electron chi connectivity index (χ0n) is 6.42. The Kier molecular flexibility index (Phi) is 4.99. The highest BCUT2D eigenvalue weighted by atomic mass is 35.5. The second-order valence-electron chi connectivity index (χ2n) is 2.52. The van der Waals surface area contributed by atoms with E-state index in [1.165, 1.54) is 5.57 Å². The van der Waals surface area contributed by atoms with Gasteiger partial charge in [-0.15, -0.1) is 12.4 Å². The van der Waals surface area contributed by atoms with Crippen LogP contribution in [0, 0.1) is 0 Å². The fourth-order valence-corrected chi connectivity index (χ4v) is 1.06. The van der Waals surface area contributed by atoms with Crippen molar-refractivity contribution in [1.29, 1.82) is 0 Å². The molecule has 1 aliphatic rings. The van der Waals surface area contributed by atoms with Crippen LogP contribution in [-0.4, -0.2) is 11.7 Å². The van der Waals surface area contributed by atoms with Gasteiger partial charge in [0.2, 0.25) is 0 Å². The van der Waals surface area contributed by atoms with Crippen molar-refractivity contribution in [1.82, 2.24) is 0 Å². The molecule has 0 fully saturated rings. The molecule has 2 nitrogen and oxygen atoms in total. The number of aliphatic hydroxyl groups is 1. The molecule has 11 heavy (non-hydrogen) atoms. The molecule has 0 spiro atoms. The molecule has 0 aliphatic heterocycles. The average molecular weight is 176 g/mol. The summed E-state index contributed by atoms with van der Waals surface area (Å²) in [7, 11) is 0. The lowest BCUT2D eigenvalue weighted by Gasteiger charge is -2.08. The molecule has 3 N–H and O–H groups in total. The molecule has 1 aliphatic carbocycles. The van der Waals surface area contributed by atoms with Crippen molar-refractivity contribution < 1.29 is 5.11 Å². The summed E-state index contributed by atoms with van der Waals surface area (Å²) in [5.74, 6) is 0.487. The number of hydrogen-bond donors (Lipinski definition) is 2. The Hall–Kier alpha value is -0.470. The predicted molar refractivity (Wildman–Crippen MR) is 48.9 cm³/mol. The number of rotatable bonds is 2.